The number of fused-ring (bicyclic) bond motifs is 7. The summed E-state index contributed by atoms with van der Waals surface area (Å²) < 4.78 is 24.3. The molecule has 0 aromatic carbocycles. The number of allylic oxidation sites excluding steroid dienone is 2. The Kier molecular flexibility index (Phi) is 10.4. The zero-order chi connectivity index (χ0) is 39.6. The molecule has 2 saturated heterocycles. The van der Waals surface area contributed by atoms with Crippen molar-refractivity contribution in [3.8, 4) is 0 Å². The Balaban J connectivity index is 1.16. The number of aliphatic carboxylic acids is 1. The summed E-state index contributed by atoms with van der Waals surface area (Å²) in [6.45, 7) is 14.6. The molecule has 7 aliphatic rings. The maximum absolute atomic E-state index is 13.1. The summed E-state index contributed by atoms with van der Waals surface area (Å²) in [4.78, 5) is 13.1. The molecule has 54 heavy (non-hydrogen) atoms. The quantitative estimate of drug-likeness (QED) is 0.144. The van der Waals surface area contributed by atoms with Crippen LogP contribution in [-0.4, -0.2) is 128 Å². The minimum atomic E-state index is -1.64. The normalized spacial score (nSPS) is 55.7. The van der Waals surface area contributed by atoms with Gasteiger partial charge in [-0.15, -0.1) is 0 Å². The van der Waals surface area contributed by atoms with Crippen LogP contribution in [0.5, 0.6) is 0 Å². The van der Waals surface area contributed by atoms with E-state index in [0.29, 0.717) is 25.7 Å². The summed E-state index contributed by atoms with van der Waals surface area (Å²) in [7, 11) is 0. The van der Waals surface area contributed by atoms with Crippen LogP contribution in [0.25, 0.3) is 0 Å². The Labute approximate surface area is 319 Å². The van der Waals surface area contributed by atoms with Crippen LogP contribution in [0.1, 0.15) is 106 Å². The number of aliphatic hydroxyl groups excluding tert-OH is 7. The first-order chi connectivity index (χ1) is 25.1. The van der Waals surface area contributed by atoms with Crippen molar-refractivity contribution in [3.05, 3.63) is 11.6 Å². The van der Waals surface area contributed by atoms with Gasteiger partial charge < -0.3 is 59.8 Å². The molecule has 13 nitrogen and oxygen atoms in total. The first kappa shape index (κ1) is 40.9. The Hall–Kier alpha value is -1.23. The molecule has 308 valence electrons. The number of carbonyl (C=O) groups is 1. The SMILES string of the molecule is C[C@@H]1O[C@@H](O[C@H]2[C@H](O[C@H]3CC[C@@]4(C)[C@@H](CC[C@]5(C)[C@@H]4CC=C4[C@@H]6CC(C)(C)C[C@H](O)[C@]6(C(=O)O)CC[C@]45C)[C@]3(C)CO)OC[C@H](O)[C@@H]2O)[C@H](O)[C@H](O)[C@H]1O. The maximum Gasteiger partial charge on any atom is 0.312 e. The number of rotatable bonds is 6. The van der Waals surface area contributed by atoms with E-state index < -0.39 is 84.3 Å². The lowest BCUT2D eigenvalue weighted by atomic mass is 9.33. The average Bonchev–Trinajstić information content (AvgIpc) is 3.10. The highest BCUT2D eigenvalue weighted by atomic mass is 16.8. The van der Waals surface area contributed by atoms with Gasteiger partial charge in [0.2, 0.25) is 0 Å². The van der Waals surface area contributed by atoms with Gasteiger partial charge in [0.25, 0.3) is 0 Å². The zero-order valence-electron chi connectivity index (χ0n) is 33.1. The number of hydrogen-bond acceptors (Lipinski definition) is 12. The van der Waals surface area contributed by atoms with Gasteiger partial charge in [-0.2, -0.15) is 0 Å². The summed E-state index contributed by atoms with van der Waals surface area (Å²) in [5.41, 5.74) is -1.48. The first-order valence-electron chi connectivity index (χ1n) is 20.3. The van der Waals surface area contributed by atoms with Crippen molar-refractivity contribution in [2.75, 3.05) is 13.2 Å². The molecule has 0 unspecified atom stereocenters. The minimum absolute atomic E-state index is 0.0435. The second kappa shape index (κ2) is 13.7. The second-order valence-electron chi connectivity index (χ2n) is 20.1. The molecule has 2 aliphatic heterocycles. The zero-order valence-corrected chi connectivity index (χ0v) is 33.1. The predicted molar refractivity (Wildman–Crippen MR) is 193 cm³/mol. The maximum atomic E-state index is 13.1. The van der Waals surface area contributed by atoms with Crippen molar-refractivity contribution < 1.29 is 64.6 Å². The van der Waals surface area contributed by atoms with E-state index >= 15 is 0 Å². The van der Waals surface area contributed by atoms with Gasteiger partial charge in [0.1, 0.15) is 42.0 Å². The van der Waals surface area contributed by atoms with Gasteiger partial charge in [-0.3, -0.25) is 4.79 Å². The topological polar surface area (TPSA) is 216 Å². The molecule has 7 rings (SSSR count). The van der Waals surface area contributed by atoms with Gasteiger partial charge in [-0.05, 0) is 104 Å². The average molecular weight is 767 g/mol. The molecule has 0 aromatic rings. The van der Waals surface area contributed by atoms with Gasteiger partial charge in [0, 0.05) is 5.41 Å². The number of hydrogen-bond donors (Lipinski definition) is 8. The third-order valence-corrected chi connectivity index (χ3v) is 17.0. The molecule has 0 aromatic heterocycles. The molecule has 5 aliphatic carbocycles. The summed E-state index contributed by atoms with van der Waals surface area (Å²) in [5.74, 6) is -0.833. The van der Waals surface area contributed by atoms with Gasteiger partial charge in [0.05, 0.1) is 31.5 Å². The van der Waals surface area contributed by atoms with E-state index in [-0.39, 0.29) is 52.6 Å². The monoisotopic (exact) mass is 766 g/mol. The van der Waals surface area contributed by atoms with Crippen molar-refractivity contribution >= 4 is 5.97 Å². The molecule has 13 heteroatoms. The molecule has 6 fully saturated rings. The summed E-state index contributed by atoms with van der Waals surface area (Å²) >= 11 is 0. The predicted octanol–water partition coefficient (Wildman–Crippen LogP) is 2.49. The fraction of sp³-hybridized carbons (Fsp3) is 0.927. The molecule has 8 N–H and O–H groups in total. The van der Waals surface area contributed by atoms with Crippen LogP contribution in [0.15, 0.2) is 11.6 Å². The lowest BCUT2D eigenvalue weighted by molar-refractivity contribution is -0.365. The molecular formula is C41H66O13. The molecular weight excluding hydrogens is 700 g/mol. The molecule has 19 atom stereocenters. The van der Waals surface area contributed by atoms with Crippen LogP contribution in [0.3, 0.4) is 0 Å². The fourth-order valence-electron chi connectivity index (χ4n) is 13.5. The smallest absolute Gasteiger partial charge is 0.312 e. The standard InChI is InChI=1S/C41H66O13/c1-20-28(45)30(47)31(48)33(52-20)54-32-29(46)23(43)18-51-34(32)53-27-11-12-37(4)24(38(27,5)19-42)10-13-40(7)25(37)9-8-21-22-16-36(2,3)17-26(44)41(22,35(49)50)15-14-39(21,40)6/h8,20,22-34,42-48H,9-19H2,1-7H3,(H,49,50)/t20-,22-,23-,24+,25+,26-,27-,28-,29-,30+,31+,32+,33-,34-,37-,38-,39+,40+,41-/m0/s1. The third kappa shape index (κ3) is 5.76. The van der Waals surface area contributed by atoms with Crippen molar-refractivity contribution in [1.29, 1.82) is 0 Å². The number of ether oxygens (including phenoxy) is 4. The van der Waals surface area contributed by atoms with Gasteiger partial charge in [-0.1, -0.05) is 53.2 Å². The molecule has 0 radical (unpaired) electrons. The van der Waals surface area contributed by atoms with Crippen LogP contribution >= 0.6 is 0 Å². The van der Waals surface area contributed by atoms with E-state index in [9.17, 15) is 45.6 Å². The van der Waals surface area contributed by atoms with Crippen LogP contribution in [0.2, 0.25) is 0 Å². The molecule has 0 bridgehead atoms. The van der Waals surface area contributed by atoms with E-state index in [2.05, 4.69) is 47.6 Å². The van der Waals surface area contributed by atoms with Gasteiger partial charge in [0.15, 0.2) is 12.6 Å². The molecule has 4 saturated carbocycles. The van der Waals surface area contributed by atoms with Crippen molar-refractivity contribution in [1.82, 2.24) is 0 Å². The number of aliphatic hydroxyl groups is 7. The fourth-order valence-corrected chi connectivity index (χ4v) is 13.5. The van der Waals surface area contributed by atoms with E-state index in [1.165, 1.54) is 12.5 Å². The summed E-state index contributed by atoms with van der Waals surface area (Å²) in [6.07, 6.45) is -5.04. The van der Waals surface area contributed by atoms with Crippen LogP contribution in [-0.2, 0) is 23.7 Å². The third-order valence-electron chi connectivity index (χ3n) is 17.0. The van der Waals surface area contributed by atoms with Crippen LogP contribution in [0.4, 0.5) is 0 Å². The van der Waals surface area contributed by atoms with E-state index in [4.69, 9.17) is 18.9 Å². The van der Waals surface area contributed by atoms with E-state index in [0.717, 1.165) is 32.1 Å². The molecule has 0 spiro atoms. The highest BCUT2D eigenvalue weighted by Gasteiger charge is 2.71. The Morgan fingerprint density at radius 3 is 2.20 bits per heavy atom. The number of carboxylic acid groups (broad SMARTS) is 1. The lowest BCUT2D eigenvalue weighted by Crippen LogP contribution is -2.67. The molecule has 0 amide bonds. The van der Waals surface area contributed by atoms with Crippen molar-refractivity contribution in [2.24, 2.45) is 50.2 Å². The Morgan fingerprint density at radius 2 is 1.54 bits per heavy atom. The molecule has 2 heterocycles. The Morgan fingerprint density at radius 1 is 0.833 bits per heavy atom. The summed E-state index contributed by atoms with van der Waals surface area (Å²) in [5, 5.41) is 86.4. The highest BCUT2D eigenvalue weighted by molar-refractivity contribution is 5.77. The van der Waals surface area contributed by atoms with E-state index in [1.807, 2.05) is 0 Å². The van der Waals surface area contributed by atoms with Crippen LogP contribution < -0.4 is 0 Å². The van der Waals surface area contributed by atoms with Crippen LogP contribution in [0, 0.1) is 50.2 Å². The van der Waals surface area contributed by atoms with Gasteiger partial charge >= 0.3 is 5.97 Å². The van der Waals surface area contributed by atoms with Crippen molar-refractivity contribution in [2.45, 2.75) is 174 Å². The van der Waals surface area contributed by atoms with Gasteiger partial charge in [-0.25, -0.2) is 0 Å². The first-order valence-corrected chi connectivity index (χ1v) is 20.3. The van der Waals surface area contributed by atoms with Crippen molar-refractivity contribution in [3.63, 3.8) is 0 Å². The minimum Gasteiger partial charge on any atom is -0.481 e. The summed E-state index contributed by atoms with van der Waals surface area (Å²) in [6, 6.07) is 0. The highest BCUT2D eigenvalue weighted by Crippen LogP contribution is 2.76. The largest absolute Gasteiger partial charge is 0.481 e. The number of carboxylic acids is 1. The lowest BCUT2D eigenvalue weighted by Gasteiger charge is -2.71. The van der Waals surface area contributed by atoms with E-state index in [1.54, 1.807) is 0 Å². The Bertz CT molecular complexity index is 1470. The second-order valence-corrected chi connectivity index (χ2v) is 20.1.